The molecule has 1 amide bonds. The highest BCUT2D eigenvalue weighted by molar-refractivity contribution is 7.16. The number of rotatable bonds is 6. The molecule has 0 aromatic carbocycles. The van der Waals surface area contributed by atoms with Crippen LogP contribution in [0.15, 0.2) is 23.6 Å². The molecule has 1 fully saturated rings. The smallest absolute Gasteiger partial charge is 0.271 e. The van der Waals surface area contributed by atoms with E-state index in [1.54, 1.807) is 22.7 Å². The molecular formula is C17H18N4OS2. The Balaban J connectivity index is 1.30. The molecule has 0 aliphatic heterocycles. The lowest BCUT2D eigenvalue weighted by molar-refractivity contribution is 0.0949. The summed E-state index contributed by atoms with van der Waals surface area (Å²) in [6.45, 7) is 2.63. The van der Waals surface area contributed by atoms with Gasteiger partial charge in [-0.25, -0.2) is 4.98 Å². The fourth-order valence-electron chi connectivity index (χ4n) is 2.57. The summed E-state index contributed by atoms with van der Waals surface area (Å²) in [4.78, 5) is 19.1. The van der Waals surface area contributed by atoms with Crippen LogP contribution in [0.2, 0.25) is 0 Å². The van der Waals surface area contributed by atoms with E-state index in [1.165, 1.54) is 22.6 Å². The van der Waals surface area contributed by atoms with E-state index in [2.05, 4.69) is 38.0 Å². The number of aryl methyl sites for hydroxylation is 1. The molecule has 124 valence electrons. The third-order valence-electron chi connectivity index (χ3n) is 4.04. The van der Waals surface area contributed by atoms with Crippen LogP contribution in [0.3, 0.4) is 0 Å². The van der Waals surface area contributed by atoms with Crippen LogP contribution >= 0.6 is 22.7 Å². The Hall–Kier alpha value is -1.99. The van der Waals surface area contributed by atoms with Gasteiger partial charge in [-0.1, -0.05) is 0 Å². The number of hydrogen-bond acceptors (Lipinski definition) is 5. The van der Waals surface area contributed by atoms with Crippen molar-refractivity contribution in [2.45, 2.75) is 32.1 Å². The van der Waals surface area contributed by atoms with E-state index < -0.39 is 0 Å². The van der Waals surface area contributed by atoms with Crippen LogP contribution in [0.25, 0.3) is 10.6 Å². The van der Waals surface area contributed by atoms with Crippen LogP contribution in [0.5, 0.6) is 0 Å². The third-order valence-corrected chi connectivity index (χ3v) is 5.98. The SMILES string of the molecule is Cc1nc(-c2ccc(CCNC(=O)c3cc(C4CC4)[nH]n3)s2)cs1. The van der Waals surface area contributed by atoms with E-state index in [4.69, 9.17) is 0 Å². The van der Waals surface area contributed by atoms with E-state index in [0.29, 0.717) is 18.2 Å². The number of thiophene rings is 1. The maximum Gasteiger partial charge on any atom is 0.271 e. The maximum absolute atomic E-state index is 12.1. The van der Waals surface area contributed by atoms with E-state index in [-0.39, 0.29) is 5.91 Å². The zero-order valence-electron chi connectivity index (χ0n) is 13.3. The van der Waals surface area contributed by atoms with Gasteiger partial charge in [0.1, 0.15) is 5.69 Å². The molecule has 7 heteroatoms. The second kappa shape index (κ2) is 6.49. The summed E-state index contributed by atoms with van der Waals surface area (Å²) in [6.07, 6.45) is 3.21. The first-order valence-electron chi connectivity index (χ1n) is 8.04. The third kappa shape index (κ3) is 3.42. The predicted octanol–water partition coefficient (Wildman–Crippen LogP) is 3.75. The Kier molecular flexibility index (Phi) is 4.20. The van der Waals surface area contributed by atoms with Crippen LogP contribution < -0.4 is 5.32 Å². The molecule has 0 atom stereocenters. The summed E-state index contributed by atoms with van der Waals surface area (Å²) in [5.74, 6) is 0.475. The molecule has 1 aliphatic carbocycles. The van der Waals surface area contributed by atoms with Crippen LogP contribution in [0, 0.1) is 6.92 Å². The second-order valence-electron chi connectivity index (χ2n) is 6.01. The van der Waals surface area contributed by atoms with Gasteiger partial charge in [0.15, 0.2) is 0 Å². The first-order valence-corrected chi connectivity index (χ1v) is 9.73. The summed E-state index contributed by atoms with van der Waals surface area (Å²) in [5.41, 5.74) is 2.62. The van der Waals surface area contributed by atoms with Crippen LogP contribution in [0.1, 0.15) is 44.8 Å². The molecule has 0 radical (unpaired) electrons. The summed E-state index contributed by atoms with van der Waals surface area (Å²) in [6, 6.07) is 6.09. The lowest BCUT2D eigenvalue weighted by Gasteiger charge is -2.01. The van der Waals surface area contributed by atoms with Crippen molar-refractivity contribution >= 4 is 28.6 Å². The van der Waals surface area contributed by atoms with E-state index in [9.17, 15) is 4.79 Å². The standard InChI is InChI=1S/C17H18N4OS2/c1-10-19-15(9-23-10)16-5-4-12(24-16)6-7-18-17(22)14-8-13(20-21-14)11-2-3-11/h4-5,8-9,11H,2-3,6-7H2,1H3,(H,18,22)(H,20,21). The summed E-state index contributed by atoms with van der Waals surface area (Å²) >= 11 is 3.40. The first-order chi connectivity index (χ1) is 11.7. The Morgan fingerprint density at radius 1 is 1.42 bits per heavy atom. The number of nitrogens with zero attached hydrogens (tertiary/aromatic N) is 2. The largest absolute Gasteiger partial charge is 0.350 e. The van der Waals surface area contributed by atoms with Gasteiger partial charge in [0.05, 0.1) is 15.6 Å². The van der Waals surface area contributed by atoms with Gasteiger partial charge < -0.3 is 5.32 Å². The monoisotopic (exact) mass is 358 g/mol. The number of carbonyl (C=O) groups excluding carboxylic acids is 1. The summed E-state index contributed by atoms with van der Waals surface area (Å²) in [7, 11) is 0. The Morgan fingerprint density at radius 2 is 2.29 bits per heavy atom. The number of H-pyrrole nitrogens is 1. The lowest BCUT2D eigenvalue weighted by atomic mass is 10.2. The van der Waals surface area contributed by atoms with E-state index >= 15 is 0 Å². The van der Waals surface area contributed by atoms with Gasteiger partial charge in [-0.05, 0) is 44.4 Å². The van der Waals surface area contributed by atoms with Gasteiger partial charge in [-0.15, -0.1) is 22.7 Å². The van der Waals surface area contributed by atoms with Crippen LogP contribution in [-0.2, 0) is 6.42 Å². The molecule has 0 saturated heterocycles. The maximum atomic E-state index is 12.1. The number of hydrogen-bond donors (Lipinski definition) is 2. The zero-order chi connectivity index (χ0) is 16.5. The van der Waals surface area contributed by atoms with Crippen molar-refractivity contribution in [1.82, 2.24) is 20.5 Å². The van der Waals surface area contributed by atoms with Crippen LogP contribution in [-0.4, -0.2) is 27.6 Å². The fourth-order valence-corrected chi connectivity index (χ4v) is 4.23. The number of aromatic amines is 1. The molecule has 4 rings (SSSR count). The van der Waals surface area contributed by atoms with Crippen molar-refractivity contribution in [1.29, 1.82) is 0 Å². The van der Waals surface area contributed by atoms with Crippen molar-refractivity contribution in [2.24, 2.45) is 0 Å². The van der Waals surface area contributed by atoms with Gasteiger partial charge >= 0.3 is 0 Å². The molecule has 3 aromatic rings. The second-order valence-corrected chi connectivity index (χ2v) is 8.24. The van der Waals surface area contributed by atoms with Crippen LogP contribution in [0.4, 0.5) is 0 Å². The van der Waals surface area contributed by atoms with Crippen molar-refractivity contribution < 1.29 is 4.79 Å². The summed E-state index contributed by atoms with van der Waals surface area (Å²) < 4.78 is 0. The number of nitrogens with one attached hydrogen (secondary N) is 2. The van der Waals surface area contributed by atoms with E-state index in [1.807, 2.05) is 13.0 Å². The molecule has 3 aromatic heterocycles. The summed E-state index contributed by atoms with van der Waals surface area (Å²) in [5, 5.41) is 13.2. The van der Waals surface area contributed by atoms with E-state index in [0.717, 1.165) is 22.8 Å². The number of thiazole rings is 1. The van der Waals surface area contributed by atoms with Gasteiger partial charge in [0.25, 0.3) is 5.91 Å². The molecule has 0 unspecified atom stereocenters. The Morgan fingerprint density at radius 3 is 3.04 bits per heavy atom. The lowest BCUT2D eigenvalue weighted by Crippen LogP contribution is -2.25. The topological polar surface area (TPSA) is 70.7 Å². The van der Waals surface area contributed by atoms with Gasteiger partial charge in [0.2, 0.25) is 0 Å². The highest BCUT2D eigenvalue weighted by Crippen LogP contribution is 2.39. The zero-order valence-corrected chi connectivity index (χ0v) is 15.0. The molecule has 2 N–H and O–H groups in total. The number of amides is 1. The van der Waals surface area contributed by atoms with Crippen molar-refractivity contribution in [2.75, 3.05) is 6.54 Å². The van der Waals surface area contributed by atoms with Crippen molar-refractivity contribution in [3.63, 3.8) is 0 Å². The average molecular weight is 358 g/mol. The predicted molar refractivity (Wildman–Crippen MR) is 96.8 cm³/mol. The van der Waals surface area contributed by atoms with Gasteiger partial charge in [-0.2, -0.15) is 5.10 Å². The fraction of sp³-hybridized carbons (Fsp3) is 0.353. The molecule has 5 nitrogen and oxygen atoms in total. The highest BCUT2D eigenvalue weighted by Gasteiger charge is 2.26. The molecule has 1 aliphatic rings. The van der Waals surface area contributed by atoms with Crippen molar-refractivity contribution in [3.8, 4) is 10.6 Å². The molecule has 0 bridgehead atoms. The number of aromatic nitrogens is 3. The quantitative estimate of drug-likeness (QED) is 0.705. The highest BCUT2D eigenvalue weighted by atomic mass is 32.1. The van der Waals surface area contributed by atoms with Crippen molar-refractivity contribution in [3.05, 3.63) is 44.9 Å². The minimum absolute atomic E-state index is 0.106. The number of carbonyl (C=O) groups is 1. The Bertz CT molecular complexity index is 859. The molecule has 0 spiro atoms. The molecular weight excluding hydrogens is 340 g/mol. The van der Waals surface area contributed by atoms with Gasteiger partial charge in [-0.3, -0.25) is 9.89 Å². The molecule has 1 saturated carbocycles. The first kappa shape index (κ1) is 15.5. The normalized spacial score (nSPS) is 14.0. The minimum Gasteiger partial charge on any atom is -0.350 e. The average Bonchev–Trinajstić information content (AvgIpc) is 3.00. The molecule has 3 heterocycles. The Labute approximate surface area is 148 Å². The van der Waals surface area contributed by atoms with Gasteiger partial charge in [0, 0.05) is 28.4 Å². The molecule has 24 heavy (non-hydrogen) atoms. The minimum atomic E-state index is -0.106.